The fraction of sp³-hybridized carbons (Fsp3) is 0.821. The van der Waals surface area contributed by atoms with Crippen LogP contribution in [0, 0.1) is 30.3 Å². The monoisotopic (exact) mass is 864 g/mol. The van der Waals surface area contributed by atoms with Crippen molar-refractivity contribution in [1.29, 1.82) is 0 Å². The Morgan fingerprint density at radius 2 is 0.983 bits per heavy atom. The third-order valence-corrected chi connectivity index (χ3v) is 8.47. The molecule has 6 aliphatic rings. The van der Waals surface area contributed by atoms with Crippen molar-refractivity contribution >= 4 is 40.6 Å². The van der Waals surface area contributed by atoms with Crippen molar-refractivity contribution < 1.29 is 96.7 Å². The Morgan fingerprint density at radius 3 is 1.36 bits per heavy atom. The lowest BCUT2D eigenvalue weighted by Gasteiger charge is -2.17. The summed E-state index contributed by atoms with van der Waals surface area (Å²) >= 11 is 4.81. The van der Waals surface area contributed by atoms with E-state index in [1.54, 1.807) is 0 Å². The standard InChI is InChI=1S/C10H14N2O8.C8H12N2O7.C6H10N2O5.C4H5ClO3/c1-5(13)17-4-8(14)11-6-2-18-10-7(20-12(15)16)3-19-9(6)10;11-1-6(12)9-4-2-15-8-5(17-10(13)14)3-16-7(4)8;7-3-1-11-6-4(13-8(9)10)2-12-5(3)6;1-3(6)8-2-4(5)7/h6-7,9-10H,2-4H2,1H3,(H,11,14);4-5,7-8,11H,1-3H2,(H,9,12);3-6H,1-2,7H2;2H2,1H3/t6-,7+,9+,10+;4-,5+,7+,8+;3-,4+,5+,6+;/m000./s1. The minimum absolute atomic E-state index is 0.0205. The number of hydrogen-bond donors (Lipinski definition) is 4. The lowest BCUT2D eigenvalue weighted by molar-refractivity contribution is -0.769. The highest BCUT2D eigenvalue weighted by Crippen LogP contribution is 2.30. The van der Waals surface area contributed by atoms with Crippen molar-refractivity contribution in [3.05, 3.63) is 30.3 Å². The molecule has 6 saturated heterocycles. The van der Waals surface area contributed by atoms with Gasteiger partial charge >= 0.3 is 11.9 Å². The van der Waals surface area contributed by atoms with E-state index in [0.29, 0.717) is 6.61 Å². The summed E-state index contributed by atoms with van der Waals surface area (Å²) in [6.07, 6.45) is -5.00. The first kappa shape index (κ1) is 47.5. The van der Waals surface area contributed by atoms with Crippen molar-refractivity contribution in [3.8, 4) is 0 Å². The highest BCUT2D eigenvalue weighted by molar-refractivity contribution is 6.64. The molecule has 0 bridgehead atoms. The summed E-state index contributed by atoms with van der Waals surface area (Å²) in [5, 5.41) is 41.0. The molecule has 5 N–H and O–H groups in total. The molecule has 6 aliphatic heterocycles. The zero-order valence-electron chi connectivity index (χ0n) is 30.5. The third kappa shape index (κ3) is 14.8. The van der Waals surface area contributed by atoms with Gasteiger partial charge in [-0.15, -0.1) is 30.3 Å². The van der Waals surface area contributed by atoms with E-state index >= 15 is 0 Å². The number of nitrogens with zero attached hydrogens (tertiary/aromatic N) is 3. The molecule has 12 atom stereocenters. The Labute approximate surface area is 330 Å². The first-order chi connectivity index (χ1) is 27.4. The smallest absolute Gasteiger partial charge is 0.303 e. The van der Waals surface area contributed by atoms with Gasteiger partial charge in [0, 0.05) is 13.8 Å². The minimum Gasteiger partial charge on any atom is -0.456 e. The van der Waals surface area contributed by atoms with E-state index in [1.165, 1.54) is 13.8 Å². The molecule has 0 aliphatic carbocycles. The van der Waals surface area contributed by atoms with Gasteiger partial charge in [0.15, 0.2) is 31.5 Å². The largest absolute Gasteiger partial charge is 0.456 e. The van der Waals surface area contributed by atoms with Crippen LogP contribution < -0.4 is 16.4 Å². The molecule has 6 fully saturated rings. The van der Waals surface area contributed by atoms with Gasteiger partial charge in [-0.05, 0) is 11.6 Å². The van der Waals surface area contributed by atoms with Crippen molar-refractivity contribution in [2.75, 3.05) is 59.5 Å². The van der Waals surface area contributed by atoms with Crippen LogP contribution in [-0.2, 0) is 76.4 Å². The molecular weight excluding hydrogens is 824 g/mol. The predicted molar refractivity (Wildman–Crippen MR) is 177 cm³/mol. The lowest BCUT2D eigenvalue weighted by atomic mass is 10.1. The maximum absolute atomic E-state index is 11.5. The molecule has 0 aromatic rings. The summed E-state index contributed by atoms with van der Waals surface area (Å²) in [5.41, 5.74) is 5.64. The van der Waals surface area contributed by atoms with E-state index in [0.717, 1.165) is 0 Å². The summed E-state index contributed by atoms with van der Waals surface area (Å²) in [4.78, 5) is 96.7. The predicted octanol–water partition coefficient (Wildman–Crippen LogP) is -4.75. The molecule has 2 amide bonds. The van der Waals surface area contributed by atoms with E-state index in [-0.39, 0.29) is 57.9 Å². The van der Waals surface area contributed by atoms with E-state index in [1.807, 2.05) is 0 Å². The molecule has 0 unspecified atom stereocenters. The number of aliphatic hydroxyl groups is 1. The summed E-state index contributed by atoms with van der Waals surface area (Å²) in [5.74, 6) is -2.09. The lowest BCUT2D eigenvalue weighted by Crippen LogP contribution is -2.45. The van der Waals surface area contributed by atoms with Crippen LogP contribution in [0.5, 0.6) is 0 Å². The molecular formula is C28H41ClN6O23. The SMILES string of the molecule is CC(=O)OCC(=O)Cl.CC(=O)OCC(=O)N[C@H]1CO[C@H]2[C@@H]1OC[C@H]2O[N+](=O)[O-].N[C@H]1CO[C@H]2[C@@H]1OC[C@H]2O[N+](=O)[O-].O=C(CO)N[C@H]1CO[C@H]2[C@@H]1OC[C@H]2O[N+](=O)[O-]. The summed E-state index contributed by atoms with van der Waals surface area (Å²) in [6.45, 7) is 1.99. The molecule has 328 valence electrons. The van der Waals surface area contributed by atoms with Crippen LogP contribution in [0.25, 0.3) is 0 Å². The number of halogens is 1. The average molecular weight is 865 g/mol. The summed E-state index contributed by atoms with van der Waals surface area (Å²) < 4.78 is 40.5. The number of nitrogens with one attached hydrogen (secondary N) is 2. The van der Waals surface area contributed by atoms with E-state index < -0.39 is 112 Å². The fourth-order valence-corrected chi connectivity index (χ4v) is 6.15. The normalized spacial score (nSPS) is 32.0. The van der Waals surface area contributed by atoms with E-state index in [9.17, 15) is 54.3 Å². The average Bonchev–Trinajstić information content (AvgIpc) is 4.00. The maximum Gasteiger partial charge on any atom is 0.303 e. The van der Waals surface area contributed by atoms with Crippen molar-refractivity contribution in [2.45, 2.75) is 86.9 Å². The summed E-state index contributed by atoms with van der Waals surface area (Å²) in [6, 6.07) is -1.08. The van der Waals surface area contributed by atoms with Gasteiger partial charge in [0.1, 0.15) is 43.2 Å². The number of amides is 2. The zero-order valence-corrected chi connectivity index (χ0v) is 31.3. The Kier molecular flexibility index (Phi) is 18.8. The number of hydrogen-bond acceptors (Lipinski definition) is 24. The number of rotatable bonds is 13. The van der Waals surface area contributed by atoms with Gasteiger partial charge in [0.05, 0.1) is 57.8 Å². The molecule has 0 saturated carbocycles. The topological polar surface area (TPSA) is 387 Å². The molecule has 58 heavy (non-hydrogen) atoms. The number of carbonyl (C=O) groups excluding carboxylic acids is 5. The van der Waals surface area contributed by atoms with Gasteiger partial charge < -0.3 is 73.9 Å². The van der Waals surface area contributed by atoms with Gasteiger partial charge in [-0.2, -0.15) is 0 Å². The number of carbonyl (C=O) groups is 5. The Morgan fingerprint density at radius 1 is 0.621 bits per heavy atom. The quantitative estimate of drug-likeness (QED) is 0.0584. The number of esters is 2. The van der Waals surface area contributed by atoms with Crippen LogP contribution in [0.15, 0.2) is 0 Å². The van der Waals surface area contributed by atoms with Gasteiger partial charge in [0.25, 0.3) is 26.4 Å². The van der Waals surface area contributed by atoms with E-state index in [4.69, 9.17) is 50.9 Å². The zero-order chi connectivity index (χ0) is 43.1. The van der Waals surface area contributed by atoms with Crippen molar-refractivity contribution in [2.24, 2.45) is 5.73 Å². The van der Waals surface area contributed by atoms with Gasteiger partial charge in [-0.25, -0.2) is 0 Å². The first-order valence-corrected chi connectivity index (χ1v) is 17.3. The van der Waals surface area contributed by atoms with Crippen molar-refractivity contribution in [3.63, 3.8) is 0 Å². The first-order valence-electron chi connectivity index (χ1n) is 16.9. The van der Waals surface area contributed by atoms with Crippen LogP contribution >= 0.6 is 11.6 Å². The molecule has 30 heteroatoms. The third-order valence-electron chi connectivity index (χ3n) is 8.36. The summed E-state index contributed by atoms with van der Waals surface area (Å²) in [7, 11) is 0. The van der Waals surface area contributed by atoms with Crippen LogP contribution in [0.3, 0.4) is 0 Å². The maximum atomic E-state index is 11.5. The Balaban J connectivity index is 0.000000216. The van der Waals surface area contributed by atoms with Crippen molar-refractivity contribution in [1.82, 2.24) is 10.6 Å². The number of ether oxygens (including phenoxy) is 8. The second-order valence-corrected chi connectivity index (χ2v) is 12.9. The van der Waals surface area contributed by atoms with Crippen LogP contribution in [0.1, 0.15) is 13.8 Å². The highest BCUT2D eigenvalue weighted by Gasteiger charge is 2.51. The number of nitrogens with two attached hydrogens (primary N) is 1. The molecule has 6 heterocycles. The van der Waals surface area contributed by atoms with Crippen LogP contribution in [0.4, 0.5) is 0 Å². The number of aliphatic hydroxyl groups excluding tert-OH is 1. The molecule has 6 rings (SSSR count). The molecule has 0 radical (unpaired) electrons. The van der Waals surface area contributed by atoms with Crippen LogP contribution in [0.2, 0.25) is 0 Å². The molecule has 0 spiro atoms. The highest BCUT2D eigenvalue weighted by atomic mass is 35.5. The fourth-order valence-electron chi connectivity index (χ4n) is 6.10. The minimum atomic E-state index is -0.896. The molecule has 29 nitrogen and oxygen atoms in total. The number of fused-ring (bicyclic) bond motifs is 3. The Hall–Kier alpha value is -4.88. The van der Waals surface area contributed by atoms with Gasteiger partial charge in [-0.1, -0.05) is 0 Å². The van der Waals surface area contributed by atoms with Gasteiger partial charge in [-0.3, -0.25) is 24.0 Å². The van der Waals surface area contributed by atoms with Gasteiger partial charge in [0.2, 0.25) is 5.91 Å². The van der Waals surface area contributed by atoms with E-state index in [2.05, 4.69) is 34.6 Å². The molecule has 0 aromatic carbocycles. The Bertz CT molecular complexity index is 1470. The van der Waals surface area contributed by atoms with Crippen LogP contribution in [-0.4, -0.2) is 182 Å². The second-order valence-electron chi connectivity index (χ2n) is 12.5. The molecule has 0 aromatic heterocycles. The second kappa shape index (κ2) is 22.9.